The lowest BCUT2D eigenvalue weighted by Gasteiger charge is -2.34. The molecule has 0 bridgehead atoms. The van der Waals surface area contributed by atoms with Gasteiger partial charge in [0, 0.05) is 5.56 Å². The molecular formula is C27H22N4. The summed E-state index contributed by atoms with van der Waals surface area (Å²) in [7, 11) is 0. The molecule has 0 aliphatic carbocycles. The molecule has 1 aromatic heterocycles. The van der Waals surface area contributed by atoms with Crippen molar-refractivity contribution in [2.45, 2.75) is 12.5 Å². The molecule has 0 atom stereocenters. The number of hydrogen-bond donors (Lipinski definition) is 0. The molecule has 0 aliphatic heterocycles. The predicted octanol–water partition coefficient (Wildman–Crippen LogP) is 5.49. The van der Waals surface area contributed by atoms with Crippen LogP contribution in [0.4, 0.5) is 0 Å². The lowest BCUT2D eigenvalue weighted by atomic mass is 9.77. The summed E-state index contributed by atoms with van der Waals surface area (Å²) >= 11 is 0. The fourth-order valence-electron chi connectivity index (χ4n) is 4.17. The van der Waals surface area contributed by atoms with Crippen LogP contribution in [-0.4, -0.2) is 20.2 Å². The van der Waals surface area contributed by atoms with E-state index in [-0.39, 0.29) is 0 Å². The van der Waals surface area contributed by atoms with E-state index in [0.717, 1.165) is 27.8 Å². The van der Waals surface area contributed by atoms with Crippen LogP contribution in [-0.2, 0) is 5.54 Å². The van der Waals surface area contributed by atoms with Gasteiger partial charge in [-0.05, 0) is 34.4 Å². The van der Waals surface area contributed by atoms with Crippen LogP contribution in [0.5, 0.6) is 0 Å². The molecule has 4 aromatic carbocycles. The van der Waals surface area contributed by atoms with Crippen molar-refractivity contribution in [2.75, 3.05) is 0 Å². The zero-order chi connectivity index (χ0) is 21.1. The first-order valence-electron chi connectivity index (χ1n) is 10.3. The topological polar surface area (TPSA) is 43.6 Å². The molecule has 150 valence electrons. The van der Waals surface area contributed by atoms with Gasteiger partial charge in [-0.1, -0.05) is 115 Å². The average molecular weight is 403 g/mol. The number of rotatable bonds is 5. The summed E-state index contributed by atoms with van der Waals surface area (Å²) in [5, 5.41) is 14.0. The second-order valence-corrected chi connectivity index (χ2v) is 7.53. The zero-order valence-corrected chi connectivity index (χ0v) is 17.3. The number of aromatic nitrogens is 4. The van der Waals surface area contributed by atoms with Crippen molar-refractivity contribution < 1.29 is 0 Å². The molecule has 0 saturated carbocycles. The molecule has 0 fully saturated rings. The van der Waals surface area contributed by atoms with Crippen molar-refractivity contribution in [3.8, 4) is 11.4 Å². The highest BCUT2D eigenvalue weighted by Gasteiger charge is 2.41. The van der Waals surface area contributed by atoms with Crippen molar-refractivity contribution in [1.29, 1.82) is 0 Å². The fraction of sp³-hybridized carbons (Fsp3) is 0.0741. The van der Waals surface area contributed by atoms with Gasteiger partial charge in [0.2, 0.25) is 5.82 Å². The van der Waals surface area contributed by atoms with E-state index in [1.54, 1.807) is 4.80 Å². The van der Waals surface area contributed by atoms with Gasteiger partial charge < -0.3 is 0 Å². The Morgan fingerprint density at radius 1 is 0.581 bits per heavy atom. The first kappa shape index (κ1) is 18.9. The average Bonchev–Trinajstić information content (AvgIpc) is 3.32. The van der Waals surface area contributed by atoms with E-state index >= 15 is 0 Å². The Morgan fingerprint density at radius 3 is 1.52 bits per heavy atom. The zero-order valence-electron chi connectivity index (χ0n) is 17.3. The van der Waals surface area contributed by atoms with E-state index in [1.807, 2.05) is 36.4 Å². The van der Waals surface area contributed by atoms with Crippen LogP contribution in [0, 0.1) is 6.92 Å². The lowest BCUT2D eigenvalue weighted by molar-refractivity contribution is 0.396. The van der Waals surface area contributed by atoms with E-state index < -0.39 is 5.54 Å². The van der Waals surface area contributed by atoms with Crippen molar-refractivity contribution in [3.05, 3.63) is 138 Å². The van der Waals surface area contributed by atoms with Crippen LogP contribution < -0.4 is 0 Å². The second kappa shape index (κ2) is 8.00. The third-order valence-corrected chi connectivity index (χ3v) is 5.67. The van der Waals surface area contributed by atoms with Crippen molar-refractivity contribution >= 4 is 0 Å². The Balaban J connectivity index is 1.83. The SMILES string of the molecule is Cc1ccccc1-c1nnn(C(c2ccccc2)(c2ccccc2)c2ccccc2)n1. The number of aryl methyl sites for hydroxylation is 1. The van der Waals surface area contributed by atoms with Gasteiger partial charge in [-0.25, -0.2) is 0 Å². The van der Waals surface area contributed by atoms with Gasteiger partial charge in [0.25, 0.3) is 0 Å². The van der Waals surface area contributed by atoms with Gasteiger partial charge in [0.05, 0.1) is 0 Å². The highest BCUT2D eigenvalue weighted by molar-refractivity contribution is 5.59. The Kier molecular flexibility index (Phi) is 4.89. The van der Waals surface area contributed by atoms with Crippen LogP contribution in [0.1, 0.15) is 22.3 Å². The fourth-order valence-corrected chi connectivity index (χ4v) is 4.17. The van der Waals surface area contributed by atoms with Gasteiger partial charge in [0.15, 0.2) is 5.54 Å². The van der Waals surface area contributed by atoms with Crippen LogP contribution >= 0.6 is 0 Å². The Bertz CT molecular complexity index is 1180. The molecule has 0 aliphatic rings. The standard InChI is InChI=1S/C27H22N4/c1-21-13-11-12-20-25(21)26-28-30-31(29-26)27(22-14-5-2-6-15-22,23-16-7-3-8-17-23)24-18-9-4-10-19-24/h2-20H,1H3. The van der Waals surface area contributed by atoms with Gasteiger partial charge >= 0.3 is 0 Å². The normalized spacial score (nSPS) is 11.4. The molecule has 0 spiro atoms. The summed E-state index contributed by atoms with van der Waals surface area (Å²) in [5.74, 6) is 0.616. The maximum atomic E-state index is 4.94. The highest BCUT2D eigenvalue weighted by Crippen LogP contribution is 2.39. The van der Waals surface area contributed by atoms with Crippen molar-refractivity contribution in [3.63, 3.8) is 0 Å². The molecule has 31 heavy (non-hydrogen) atoms. The monoisotopic (exact) mass is 402 g/mol. The van der Waals surface area contributed by atoms with E-state index in [4.69, 9.17) is 5.10 Å². The molecule has 0 radical (unpaired) electrons. The van der Waals surface area contributed by atoms with E-state index in [9.17, 15) is 0 Å². The molecule has 0 amide bonds. The van der Waals surface area contributed by atoms with Crippen molar-refractivity contribution in [1.82, 2.24) is 20.2 Å². The Hall–Kier alpha value is -4.05. The maximum absolute atomic E-state index is 4.94. The minimum Gasteiger partial charge on any atom is -0.144 e. The summed E-state index contributed by atoms with van der Waals surface area (Å²) in [4.78, 5) is 1.76. The van der Waals surface area contributed by atoms with E-state index in [1.165, 1.54) is 0 Å². The van der Waals surface area contributed by atoms with Gasteiger partial charge in [0.1, 0.15) is 0 Å². The summed E-state index contributed by atoms with van der Waals surface area (Å²) in [6.45, 7) is 2.06. The van der Waals surface area contributed by atoms with E-state index in [2.05, 4.69) is 96.1 Å². The highest BCUT2D eigenvalue weighted by atomic mass is 15.6. The molecule has 4 heteroatoms. The Morgan fingerprint density at radius 2 is 1.03 bits per heavy atom. The van der Waals surface area contributed by atoms with Crippen LogP contribution in [0.2, 0.25) is 0 Å². The van der Waals surface area contributed by atoms with Crippen LogP contribution in [0.3, 0.4) is 0 Å². The molecule has 5 aromatic rings. The molecular weight excluding hydrogens is 380 g/mol. The van der Waals surface area contributed by atoms with Crippen molar-refractivity contribution in [2.24, 2.45) is 0 Å². The van der Waals surface area contributed by atoms with Crippen LogP contribution in [0.25, 0.3) is 11.4 Å². The minimum atomic E-state index is -0.752. The van der Waals surface area contributed by atoms with Gasteiger partial charge in [-0.3, -0.25) is 0 Å². The summed E-state index contributed by atoms with van der Waals surface area (Å²) in [6.07, 6.45) is 0. The predicted molar refractivity (Wildman–Crippen MR) is 123 cm³/mol. The smallest absolute Gasteiger partial charge is 0.144 e. The molecule has 0 saturated heterocycles. The number of tetrazole rings is 1. The first-order valence-corrected chi connectivity index (χ1v) is 10.3. The molecule has 0 N–H and O–H groups in total. The molecule has 4 nitrogen and oxygen atoms in total. The largest absolute Gasteiger partial charge is 0.205 e. The van der Waals surface area contributed by atoms with Gasteiger partial charge in [-0.15, -0.1) is 15.0 Å². The minimum absolute atomic E-state index is 0.616. The third kappa shape index (κ3) is 3.22. The van der Waals surface area contributed by atoms with Gasteiger partial charge in [-0.2, -0.15) is 0 Å². The van der Waals surface area contributed by atoms with Crippen LogP contribution in [0.15, 0.2) is 115 Å². The Labute approximate surface area is 181 Å². The molecule has 0 unspecified atom stereocenters. The second-order valence-electron chi connectivity index (χ2n) is 7.53. The number of benzene rings is 4. The van der Waals surface area contributed by atoms with E-state index in [0.29, 0.717) is 5.82 Å². The first-order chi connectivity index (χ1) is 15.3. The third-order valence-electron chi connectivity index (χ3n) is 5.67. The summed E-state index contributed by atoms with van der Waals surface area (Å²) < 4.78 is 0. The molecule has 5 rings (SSSR count). The lowest BCUT2D eigenvalue weighted by Crippen LogP contribution is -2.39. The summed E-state index contributed by atoms with van der Waals surface area (Å²) in [5.41, 5.74) is 4.56. The maximum Gasteiger partial charge on any atom is 0.205 e. The number of hydrogen-bond acceptors (Lipinski definition) is 3. The quantitative estimate of drug-likeness (QED) is 0.365. The number of nitrogens with zero attached hydrogens (tertiary/aromatic N) is 4. The summed E-state index contributed by atoms with van der Waals surface area (Å²) in [6, 6.07) is 39.2. The molecule has 1 heterocycles.